The summed E-state index contributed by atoms with van der Waals surface area (Å²) in [4.78, 5) is 27.1. The molecule has 0 N–H and O–H groups in total. The predicted molar refractivity (Wildman–Crippen MR) is 119 cm³/mol. The van der Waals surface area contributed by atoms with E-state index in [1.54, 1.807) is 17.0 Å². The molecular weight excluding hydrogens is 449 g/mol. The highest BCUT2D eigenvalue weighted by Gasteiger charge is 2.39. The van der Waals surface area contributed by atoms with E-state index in [4.69, 9.17) is 9.47 Å². The van der Waals surface area contributed by atoms with Gasteiger partial charge in [0.1, 0.15) is 17.3 Å². The first-order chi connectivity index (χ1) is 15.8. The maximum absolute atomic E-state index is 13.0. The number of ether oxygens (including phenoxy) is 2. The van der Waals surface area contributed by atoms with Crippen LogP contribution < -0.4 is 4.74 Å². The SMILES string of the molecule is O=C(OCC(=O)N(C1CCCC1)C1CCS(=O)(=O)C1)c1ccc(Oc2ccc(F)cc2)cc1. The summed E-state index contributed by atoms with van der Waals surface area (Å²) in [5.41, 5.74) is 0.255. The molecule has 1 unspecified atom stereocenters. The summed E-state index contributed by atoms with van der Waals surface area (Å²) in [5.74, 6) is -0.395. The highest BCUT2D eigenvalue weighted by atomic mass is 32.2. The van der Waals surface area contributed by atoms with Crippen LogP contribution in [0.2, 0.25) is 0 Å². The van der Waals surface area contributed by atoms with E-state index < -0.39 is 22.4 Å². The lowest BCUT2D eigenvalue weighted by Gasteiger charge is -2.33. The number of carbonyl (C=O) groups excluding carboxylic acids is 2. The van der Waals surface area contributed by atoms with E-state index in [0.717, 1.165) is 25.7 Å². The van der Waals surface area contributed by atoms with Crippen molar-refractivity contribution in [1.82, 2.24) is 4.90 Å². The topological polar surface area (TPSA) is 90.0 Å². The molecule has 1 amide bonds. The molecule has 1 aliphatic heterocycles. The third kappa shape index (κ3) is 5.90. The number of hydrogen-bond donors (Lipinski definition) is 0. The molecule has 0 radical (unpaired) electrons. The summed E-state index contributed by atoms with van der Waals surface area (Å²) in [6.07, 6.45) is 4.10. The summed E-state index contributed by atoms with van der Waals surface area (Å²) in [6.45, 7) is -0.431. The molecular formula is C24H26FNO6S. The molecule has 7 nitrogen and oxygen atoms in total. The van der Waals surface area contributed by atoms with Crippen molar-refractivity contribution in [3.8, 4) is 11.5 Å². The smallest absolute Gasteiger partial charge is 0.338 e. The molecule has 4 rings (SSSR count). The Morgan fingerprint density at radius 1 is 0.909 bits per heavy atom. The average molecular weight is 476 g/mol. The first-order valence-corrected chi connectivity index (χ1v) is 12.8. The van der Waals surface area contributed by atoms with Crippen molar-refractivity contribution >= 4 is 21.7 Å². The van der Waals surface area contributed by atoms with Crippen LogP contribution in [0.5, 0.6) is 11.5 Å². The summed E-state index contributed by atoms with van der Waals surface area (Å²) >= 11 is 0. The molecule has 1 saturated carbocycles. The first kappa shape index (κ1) is 23.2. The Bertz CT molecular complexity index is 1090. The van der Waals surface area contributed by atoms with Gasteiger partial charge in [-0.3, -0.25) is 4.79 Å². The number of nitrogens with zero attached hydrogens (tertiary/aromatic N) is 1. The molecule has 33 heavy (non-hydrogen) atoms. The Kier molecular flexibility index (Phi) is 6.97. The van der Waals surface area contributed by atoms with Gasteiger partial charge in [0.25, 0.3) is 5.91 Å². The Morgan fingerprint density at radius 3 is 2.09 bits per heavy atom. The van der Waals surface area contributed by atoms with E-state index in [1.165, 1.54) is 36.4 Å². The monoisotopic (exact) mass is 475 g/mol. The second-order valence-corrected chi connectivity index (χ2v) is 10.7. The molecule has 1 heterocycles. The highest BCUT2D eigenvalue weighted by Crippen LogP contribution is 2.29. The van der Waals surface area contributed by atoms with Crippen molar-refractivity contribution in [2.24, 2.45) is 0 Å². The van der Waals surface area contributed by atoms with E-state index in [2.05, 4.69) is 0 Å². The van der Waals surface area contributed by atoms with Crippen molar-refractivity contribution in [1.29, 1.82) is 0 Å². The van der Waals surface area contributed by atoms with Crippen molar-refractivity contribution < 1.29 is 31.9 Å². The number of sulfone groups is 1. The zero-order valence-corrected chi connectivity index (χ0v) is 18.9. The maximum atomic E-state index is 13.0. The minimum absolute atomic E-state index is 0.00241. The third-order valence-electron chi connectivity index (χ3n) is 6.07. The van der Waals surface area contributed by atoms with Gasteiger partial charge >= 0.3 is 5.97 Å². The summed E-state index contributed by atoms with van der Waals surface area (Å²) in [7, 11) is -3.14. The number of halogens is 1. The fourth-order valence-corrected chi connectivity index (χ4v) is 6.18. The third-order valence-corrected chi connectivity index (χ3v) is 7.82. The van der Waals surface area contributed by atoms with Gasteiger partial charge in [-0.25, -0.2) is 17.6 Å². The van der Waals surface area contributed by atoms with Crippen LogP contribution in [-0.4, -0.2) is 55.4 Å². The zero-order chi connectivity index (χ0) is 23.4. The standard InChI is InChI=1S/C24H26FNO6S/c25-18-7-11-22(12-8-18)32-21-9-5-17(6-10-21)24(28)31-15-23(27)26(19-3-1-2-4-19)20-13-14-33(29,30)16-20/h5-12,19-20H,1-4,13-16H2. The molecule has 1 atom stereocenters. The number of esters is 1. The fraction of sp³-hybridized carbons (Fsp3) is 0.417. The lowest BCUT2D eigenvalue weighted by molar-refractivity contribution is -0.139. The molecule has 0 aromatic heterocycles. The van der Waals surface area contributed by atoms with Gasteiger partial charge in [0, 0.05) is 12.1 Å². The number of amides is 1. The Hall–Kier alpha value is -2.94. The second-order valence-electron chi connectivity index (χ2n) is 8.45. The average Bonchev–Trinajstić information content (AvgIpc) is 3.44. The second kappa shape index (κ2) is 9.91. The van der Waals surface area contributed by atoms with Crippen molar-refractivity contribution in [2.45, 2.75) is 44.2 Å². The lowest BCUT2D eigenvalue weighted by atomic mass is 10.1. The number of hydrogen-bond acceptors (Lipinski definition) is 6. The molecule has 176 valence electrons. The molecule has 1 saturated heterocycles. The van der Waals surface area contributed by atoms with E-state index in [-0.39, 0.29) is 40.9 Å². The highest BCUT2D eigenvalue weighted by molar-refractivity contribution is 7.91. The summed E-state index contributed by atoms with van der Waals surface area (Å²) < 4.78 is 47.7. The fourth-order valence-electron chi connectivity index (χ4n) is 4.47. The van der Waals surface area contributed by atoms with E-state index in [9.17, 15) is 22.4 Å². The van der Waals surface area contributed by atoms with Crippen LogP contribution in [0.25, 0.3) is 0 Å². The van der Waals surface area contributed by atoms with Crippen LogP contribution >= 0.6 is 0 Å². The minimum atomic E-state index is -3.14. The first-order valence-electron chi connectivity index (χ1n) is 11.0. The van der Waals surface area contributed by atoms with Gasteiger partial charge in [0.2, 0.25) is 0 Å². The number of benzene rings is 2. The molecule has 9 heteroatoms. The van der Waals surface area contributed by atoms with E-state index >= 15 is 0 Å². The Morgan fingerprint density at radius 2 is 1.52 bits per heavy atom. The molecule has 0 bridgehead atoms. The van der Waals surface area contributed by atoms with Gasteiger partial charge in [-0.1, -0.05) is 12.8 Å². The number of rotatable bonds is 7. The summed E-state index contributed by atoms with van der Waals surface area (Å²) in [6, 6.07) is 11.4. The molecule has 0 spiro atoms. The molecule has 2 aromatic rings. The van der Waals surface area contributed by atoms with E-state index in [1.807, 2.05) is 0 Å². The van der Waals surface area contributed by atoms with Crippen molar-refractivity contribution in [2.75, 3.05) is 18.1 Å². The van der Waals surface area contributed by atoms with Gasteiger partial charge < -0.3 is 14.4 Å². The molecule has 2 fully saturated rings. The van der Waals surface area contributed by atoms with Crippen LogP contribution in [-0.2, 0) is 19.4 Å². The Labute approximate surface area is 192 Å². The van der Waals surface area contributed by atoms with Gasteiger partial charge in [-0.15, -0.1) is 0 Å². The predicted octanol–water partition coefficient (Wildman–Crippen LogP) is 3.73. The van der Waals surface area contributed by atoms with Crippen LogP contribution in [0, 0.1) is 5.82 Å². The van der Waals surface area contributed by atoms with Crippen LogP contribution in [0.1, 0.15) is 42.5 Å². The molecule has 1 aliphatic carbocycles. The molecule has 2 aliphatic rings. The zero-order valence-electron chi connectivity index (χ0n) is 18.1. The van der Waals surface area contributed by atoms with Gasteiger partial charge in [0.15, 0.2) is 16.4 Å². The van der Waals surface area contributed by atoms with Gasteiger partial charge in [-0.05, 0) is 67.8 Å². The van der Waals surface area contributed by atoms with Crippen molar-refractivity contribution in [3.05, 3.63) is 59.9 Å². The van der Waals surface area contributed by atoms with Crippen LogP contribution in [0.15, 0.2) is 48.5 Å². The lowest BCUT2D eigenvalue weighted by Crippen LogP contribution is -2.48. The maximum Gasteiger partial charge on any atom is 0.338 e. The largest absolute Gasteiger partial charge is 0.457 e. The quantitative estimate of drug-likeness (QED) is 0.567. The van der Waals surface area contributed by atoms with Crippen LogP contribution in [0.4, 0.5) is 4.39 Å². The van der Waals surface area contributed by atoms with Gasteiger partial charge in [0.05, 0.1) is 17.1 Å². The van der Waals surface area contributed by atoms with Crippen molar-refractivity contribution in [3.63, 3.8) is 0 Å². The van der Waals surface area contributed by atoms with Crippen LogP contribution in [0.3, 0.4) is 0 Å². The minimum Gasteiger partial charge on any atom is -0.457 e. The number of carbonyl (C=O) groups is 2. The molecule has 2 aromatic carbocycles. The van der Waals surface area contributed by atoms with Gasteiger partial charge in [-0.2, -0.15) is 0 Å². The summed E-state index contributed by atoms with van der Waals surface area (Å²) in [5, 5.41) is 0. The van der Waals surface area contributed by atoms with E-state index in [0.29, 0.717) is 17.9 Å². The normalized spacial score (nSPS) is 19.8. The Balaban J connectivity index is 1.35.